The number of nitrogens with one attached hydrogen (secondary N) is 2. The van der Waals surface area contributed by atoms with Gasteiger partial charge >= 0.3 is 0 Å². The number of nitrogens with zero attached hydrogens (tertiary/aromatic N) is 2. The Hall–Kier alpha value is -3.05. The van der Waals surface area contributed by atoms with Gasteiger partial charge in [0.25, 0.3) is 5.91 Å². The molecular formula is C22H23ClN4O. The molecule has 5 nitrogen and oxygen atoms in total. The molecule has 0 spiro atoms. The Bertz CT molecular complexity index is 941. The van der Waals surface area contributed by atoms with Crippen LogP contribution in [0.1, 0.15) is 16.1 Å². The minimum absolute atomic E-state index is 0.240. The van der Waals surface area contributed by atoms with Crippen LogP contribution in [-0.2, 0) is 6.42 Å². The summed E-state index contributed by atoms with van der Waals surface area (Å²) in [6.07, 6.45) is 2.47. The number of benzene rings is 2. The number of anilines is 3. The van der Waals surface area contributed by atoms with Crippen LogP contribution in [0.3, 0.4) is 0 Å². The molecule has 3 rings (SSSR count). The van der Waals surface area contributed by atoms with Gasteiger partial charge in [0.15, 0.2) is 0 Å². The van der Waals surface area contributed by atoms with Gasteiger partial charge in [0, 0.05) is 48.9 Å². The summed E-state index contributed by atoms with van der Waals surface area (Å²) < 4.78 is 0. The van der Waals surface area contributed by atoms with Crippen LogP contribution in [0.15, 0.2) is 66.9 Å². The monoisotopic (exact) mass is 394 g/mol. The van der Waals surface area contributed by atoms with Crippen LogP contribution in [0.25, 0.3) is 0 Å². The largest absolute Gasteiger partial charge is 0.385 e. The minimum atomic E-state index is -0.240. The predicted molar refractivity (Wildman–Crippen MR) is 117 cm³/mol. The fourth-order valence-electron chi connectivity index (χ4n) is 2.75. The van der Waals surface area contributed by atoms with E-state index in [2.05, 4.69) is 15.6 Å². The van der Waals surface area contributed by atoms with Crippen LogP contribution in [0, 0.1) is 0 Å². The highest BCUT2D eigenvalue weighted by Crippen LogP contribution is 2.17. The molecule has 28 heavy (non-hydrogen) atoms. The lowest BCUT2D eigenvalue weighted by atomic mass is 10.1. The molecule has 2 N–H and O–H groups in total. The summed E-state index contributed by atoms with van der Waals surface area (Å²) >= 11 is 6.01. The molecular weight excluding hydrogens is 372 g/mol. The molecule has 0 aliphatic carbocycles. The Kier molecular flexibility index (Phi) is 6.50. The predicted octanol–water partition coefficient (Wildman–Crippen LogP) is 4.71. The van der Waals surface area contributed by atoms with Crippen molar-refractivity contribution in [3.05, 3.63) is 83.1 Å². The lowest BCUT2D eigenvalue weighted by Gasteiger charge is -2.13. The van der Waals surface area contributed by atoms with E-state index in [-0.39, 0.29) is 5.91 Å². The molecule has 3 aromatic rings. The van der Waals surface area contributed by atoms with E-state index in [0.29, 0.717) is 5.69 Å². The first kappa shape index (κ1) is 19.7. The number of aromatic nitrogens is 1. The molecule has 0 aliphatic rings. The molecule has 2 aromatic carbocycles. The van der Waals surface area contributed by atoms with Gasteiger partial charge in [0.05, 0.1) is 0 Å². The number of carbonyl (C=O) groups excluding carboxylic acids is 1. The Morgan fingerprint density at radius 1 is 1.04 bits per heavy atom. The summed E-state index contributed by atoms with van der Waals surface area (Å²) in [5.74, 6) is -0.240. The van der Waals surface area contributed by atoms with E-state index < -0.39 is 0 Å². The summed E-state index contributed by atoms with van der Waals surface area (Å²) in [5.41, 5.74) is 4.18. The van der Waals surface area contributed by atoms with Crippen molar-refractivity contribution < 1.29 is 4.79 Å². The fraction of sp³-hybridized carbons (Fsp3) is 0.182. The van der Waals surface area contributed by atoms with E-state index in [9.17, 15) is 4.79 Å². The zero-order chi connectivity index (χ0) is 19.9. The molecule has 1 aromatic heterocycles. The van der Waals surface area contributed by atoms with E-state index in [0.717, 1.165) is 40.6 Å². The lowest BCUT2D eigenvalue weighted by molar-refractivity contribution is 0.102. The van der Waals surface area contributed by atoms with E-state index in [4.69, 9.17) is 11.6 Å². The van der Waals surface area contributed by atoms with Crippen molar-refractivity contribution >= 4 is 34.6 Å². The third-order valence-electron chi connectivity index (χ3n) is 4.27. The van der Waals surface area contributed by atoms with Crippen molar-refractivity contribution in [2.75, 3.05) is 36.2 Å². The van der Waals surface area contributed by atoms with Gasteiger partial charge in [0.1, 0.15) is 5.69 Å². The molecule has 0 bridgehead atoms. The molecule has 0 saturated heterocycles. The number of hydrogen-bond donors (Lipinski definition) is 2. The van der Waals surface area contributed by atoms with E-state index in [1.165, 1.54) is 0 Å². The Morgan fingerprint density at radius 3 is 2.54 bits per heavy atom. The summed E-state index contributed by atoms with van der Waals surface area (Å²) in [7, 11) is 3.95. The van der Waals surface area contributed by atoms with Crippen LogP contribution in [0.5, 0.6) is 0 Å². The van der Waals surface area contributed by atoms with Crippen molar-refractivity contribution in [3.8, 4) is 0 Å². The average molecular weight is 395 g/mol. The summed E-state index contributed by atoms with van der Waals surface area (Å²) in [4.78, 5) is 18.7. The average Bonchev–Trinajstić information content (AvgIpc) is 2.69. The van der Waals surface area contributed by atoms with Gasteiger partial charge in [-0.2, -0.15) is 0 Å². The summed E-state index contributed by atoms with van der Waals surface area (Å²) in [6.45, 7) is 0.734. The highest BCUT2D eigenvalue weighted by molar-refractivity contribution is 6.30. The van der Waals surface area contributed by atoms with Crippen molar-refractivity contribution in [1.82, 2.24) is 4.98 Å². The number of hydrogen-bond acceptors (Lipinski definition) is 4. The number of rotatable bonds is 7. The van der Waals surface area contributed by atoms with E-state index >= 15 is 0 Å². The van der Waals surface area contributed by atoms with Crippen molar-refractivity contribution in [2.24, 2.45) is 0 Å². The standard InChI is InChI=1S/C22H23ClN4O/c1-27(2)20-8-6-18(7-9-20)26-22(28)21-15-19(11-13-25-21)24-12-10-16-4-3-5-17(23)14-16/h3-9,11,13-15H,10,12H2,1-2H3,(H,24,25)(H,26,28). The third kappa shape index (κ3) is 5.47. The highest BCUT2D eigenvalue weighted by atomic mass is 35.5. The first-order valence-corrected chi connectivity index (χ1v) is 9.42. The van der Waals surface area contributed by atoms with E-state index in [1.807, 2.05) is 73.6 Å². The first-order chi connectivity index (χ1) is 13.5. The van der Waals surface area contributed by atoms with Crippen molar-refractivity contribution in [3.63, 3.8) is 0 Å². The molecule has 0 atom stereocenters. The second-order valence-electron chi connectivity index (χ2n) is 6.63. The number of carbonyl (C=O) groups is 1. The van der Waals surface area contributed by atoms with Gasteiger partial charge < -0.3 is 15.5 Å². The molecule has 6 heteroatoms. The summed E-state index contributed by atoms with van der Waals surface area (Å²) in [5, 5.41) is 6.94. The van der Waals surface area contributed by atoms with Crippen molar-refractivity contribution in [1.29, 1.82) is 0 Å². The van der Waals surface area contributed by atoms with Gasteiger partial charge in [-0.1, -0.05) is 23.7 Å². The van der Waals surface area contributed by atoms with E-state index in [1.54, 1.807) is 12.3 Å². The second kappa shape index (κ2) is 9.24. The Labute approximate surface area is 170 Å². The Balaban J connectivity index is 1.58. The molecule has 0 aliphatic heterocycles. The van der Waals surface area contributed by atoms with Crippen LogP contribution in [0.2, 0.25) is 5.02 Å². The second-order valence-corrected chi connectivity index (χ2v) is 7.07. The maximum absolute atomic E-state index is 12.5. The fourth-order valence-corrected chi connectivity index (χ4v) is 2.96. The maximum Gasteiger partial charge on any atom is 0.274 e. The molecule has 1 amide bonds. The van der Waals surface area contributed by atoms with Gasteiger partial charge in [-0.15, -0.1) is 0 Å². The zero-order valence-corrected chi connectivity index (χ0v) is 16.7. The molecule has 1 heterocycles. The van der Waals surface area contributed by atoms with Crippen LogP contribution in [0.4, 0.5) is 17.1 Å². The minimum Gasteiger partial charge on any atom is -0.385 e. The normalized spacial score (nSPS) is 10.4. The summed E-state index contributed by atoms with van der Waals surface area (Å²) in [6, 6.07) is 19.1. The number of pyridine rings is 1. The number of halogens is 1. The quantitative estimate of drug-likeness (QED) is 0.609. The smallest absolute Gasteiger partial charge is 0.274 e. The lowest BCUT2D eigenvalue weighted by Crippen LogP contribution is -2.15. The SMILES string of the molecule is CN(C)c1ccc(NC(=O)c2cc(NCCc3cccc(Cl)c3)ccn2)cc1. The molecule has 0 saturated carbocycles. The van der Waals surface area contributed by atoms with Gasteiger partial charge in [0.2, 0.25) is 0 Å². The maximum atomic E-state index is 12.5. The molecule has 0 radical (unpaired) electrons. The van der Waals surface area contributed by atoms with Gasteiger partial charge in [-0.25, -0.2) is 0 Å². The topological polar surface area (TPSA) is 57.3 Å². The van der Waals surface area contributed by atoms with Gasteiger partial charge in [-0.3, -0.25) is 9.78 Å². The van der Waals surface area contributed by atoms with Crippen LogP contribution in [-0.4, -0.2) is 31.5 Å². The molecule has 0 fully saturated rings. The van der Waals surface area contributed by atoms with Crippen LogP contribution < -0.4 is 15.5 Å². The highest BCUT2D eigenvalue weighted by Gasteiger charge is 2.09. The zero-order valence-electron chi connectivity index (χ0n) is 15.9. The van der Waals surface area contributed by atoms with Gasteiger partial charge in [-0.05, 0) is 60.5 Å². The van der Waals surface area contributed by atoms with Crippen molar-refractivity contribution in [2.45, 2.75) is 6.42 Å². The molecule has 0 unspecified atom stereocenters. The Morgan fingerprint density at radius 2 is 1.82 bits per heavy atom. The molecule has 144 valence electrons. The first-order valence-electron chi connectivity index (χ1n) is 9.04. The van der Waals surface area contributed by atoms with Crippen LogP contribution >= 0.6 is 11.6 Å². The third-order valence-corrected chi connectivity index (χ3v) is 4.50. The number of amides is 1.